The van der Waals surface area contributed by atoms with E-state index in [2.05, 4.69) is 39.9 Å². The third kappa shape index (κ3) is 3.08. The van der Waals surface area contributed by atoms with Gasteiger partial charge in [0, 0.05) is 18.2 Å². The lowest BCUT2D eigenvalue weighted by Gasteiger charge is -2.22. The monoisotopic (exact) mass is 324 g/mol. The van der Waals surface area contributed by atoms with Crippen LogP contribution in [0.4, 0.5) is 11.8 Å². The number of benzene rings is 1. The maximum absolute atomic E-state index is 9.03. The summed E-state index contributed by atoms with van der Waals surface area (Å²) in [5, 5.41) is 15.8. The van der Waals surface area contributed by atoms with Gasteiger partial charge in [0.25, 0.3) is 0 Å². The molecule has 1 aromatic carbocycles. The van der Waals surface area contributed by atoms with Gasteiger partial charge >= 0.3 is 0 Å². The summed E-state index contributed by atoms with van der Waals surface area (Å²) in [6.07, 6.45) is 6.57. The van der Waals surface area contributed by atoms with Crippen molar-refractivity contribution in [1.29, 1.82) is 0 Å². The van der Waals surface area contributed by atoms with Crippen molar-refractivity contribution in [3.63, 3.8) is 0 Å². The van der Waals surface area contributed by atoms with E-state index in [4.69, 9.17) is 10.1 Å². The zero-order chi connectivity index (χ0) is 16.4. The van der Waals surface area contributed by atoms with Crippen LogP contribution in [-0.4, -0.2) is 34.3 Å². The maximum Gasteiger partial charge on any atom is 0.224 e. The Balaban J connectivity index is 1.57. The Kier molecular flexibility index (Phi) is 4.34. The first-order chi connectivity index (χ1) is 11.8. The summed E-state index contributed by atoms with van der Waals surface area (Å²) in [6.45, 7) is 0.564. The average Bonchev–Trinajstić information content (AvgIpc) is 3.02. The van der Waals surface area contributed by atoms with Gasteiger partial charge in [0.05, 0.1) is 12.3 Å². The molecule has 1 aromatic heterocycles. The first-order valence-electron chi connectivity index (χ1n) is 8.91. The number of aliphatic hydroxyl groups excluding tert-OH is 1. The highest BCUT2D eigenvalue weighted by atomic mass is 16.3. The fourth-order valence-corrected chi connectivity index (χ4v) is 3.81. The molecule has 1 heterocycles. The number of rotatable bonds is 5. The molecule has 0 bridgehead atoms. The van der Waals surface area contributed by atoms with Crippen LogP contribution in [0.3, 0.4) is 0 Å². The van der Waals surface area contributed by atoms with E-state index in [0.717, 1.165) is 37.2 Å². The van der Waals surface area contributed by atoms with Crippen LogP contribution in [0.25, 0.3) is 0 Å². The van der Waals surface area contributed by atoms with E-state index in [1.165, 1.54) is 29.5 Å². The Morgan fingerprint density at radius 3 is 2.54 bits per heavy atom. The Hall–Kier alpha value is -2.14. The van der Waals surface area contributed by atoms with Gasteiger partial charge in [-0.05, 0) is 49.7 Å². The van der Waals surface area contributed by atoms with E-state index >= 15 is 0 Å². The lowest BCUT2D eigenvalue weighted by molar-refractivity contribution is 0.310. The highest BCUT2D eigenvalue weighted by molar-refractivity contribution is 5.53. The molecule has 0 radical (unpaired) electrons. The average molecular weight is 324 g/mol. The molecule has 4 rings (SSSR count). The summed E-state index contributed by atoms with van der Waals surface area (Å²) >= 11 is 0. The maximum atomic E-state index is 9.03. The second-order valence-corrected chi connectivity index (χ2v) is 6.70. The summed E-state index contributed by atoms with van der Waals surface area (Å²) < 4.78 is 0. The molecule has 5 heteroatoms. The molecule has 2 aromatic rings. The quantitative estimate of drug-likeness (QED) is 0.787. The van der Waals surface area contributed by atoms with Crippen LogP contribution in [0.2, 0.25) is 0 Å². The Bertz CT molecular complexity index is 706. The molecule has 0 fully saturated rings. The Morgan fingerprint density at radius 1 is 1.04 bits per heavy atom. The molecule has 24 heavy (non-hydrogen) atoms. The van der Waals surface area contributed by atoms with E-state index in [1.54, 1.807) is 0 Å². The Labute approximate surface area is 142 Å². The zero-order valence-electron chi connectivity index (χ0n) is 13.9. The fraction of sp³-hybridized carbons (Fsp3) is 0.474. The van der Waals surface area contributed by atoms with E-state index in [1.807, 2.05) is 0 Å². The van der Waals surface area contributed by atoms with Crippen molar-refractivity contribution < 1.29 is 5.11 Å². The smallest absolute Gasteiger partial charge is 0.224 e. The van der Waals surface area contributed by atoms with Crippen LogP contribution >= 0.6 is 0 Å². The highest BCUT2D eigenvalue weighted by Crippen LogP contribution is 2.30. The number of anilines is 2. The summed E-state index contributed by atoms with van der Waals surface area (Å²) in [5.74, 6) is 1.61. The third-order valence-electron chi connectivity index (χ3n) is 4.97. The lowest BCUT2D eigenvalue weighted by atomic mass is 9.96. The number of nitrogens with zero attached hydrogens (tertiary/aromatic N) is 2. The molecule has 3 N–H and O–H groups in total. The van der Waals surface area contributed by atoms with Crippen LogP contribution < -0.4 is 10.6 Å². The minimum absolute atomic E-state index is 0.0845. The van der Waals surface area contributed by atoms with E-state index in [0.29, 0.717) is 18.5 Å². The largest absolute Gasteiger partial charge is 0.395 e. The number of nitrogens with one attached hydrogen (secondary N) is 2. The molecule has 0 amide bonds. The van der Waals surface area contributed by atoms with Gasteiger partial charge in [-0.15, -0.1) is 0 Å². The van der Waals surface area contributed by atoms with Gasteiger partial charge in [-0.2, -0.15) is 4.98 Å². The van der Waals surface area contributed by atoms with Crippen LogP contribution in [0.1, 0.15) is 35.2 Å². The predicted molar refractivity (Wildman–Crippen MR) is 95.5 cm³/mol. The van der Waals surface area contributed by atoms with Gasteiger partial charge in [0.15, 0.2) is 0 Å². The van der Waals surface area contributed by atoms with Crippen LogP contribution in [-0.2, 0) is 25.7 Å². The van der Waals surface area contributed by atoms with Crippen molar-refractivity contribution in [2.75, 3.05) is 23.8 Å². The summed E-state index contributed by atoms with van der Waals surface area (Å²) in [4.78, 5) is 9.36. The van der Waals surface area contributed by atoms with Crippen LogP contribution in [0.15, 0.2) is 24.3 Å². The minimum Gasteiger partial charge on any atom is -0.395 e. The SMILES string of the molecule is OCCNc1nc2c(c(NC3Cc4ccccc4C3)n1)CCCC2. The van der Waals surface area contributed by atoms with E-state index in [9.17, 15) is 0 Å². The molecule has 0 aliphatic heterocycles. The molecule has 2 aliphatic rings. The molecule has 0 saturated heterocycles. The van der Waals surface area contributed by atoms with Gasteiger partial charge in [-0.25, -0.2) is 4.98 Å². The predicted octanol–water partition coefficient (Wildman–Crippen LogP) is 2.34. The molecular weight excluding hydrogens is 300 g/mol. The van der Waals surface area contributed by atoms with Crippen molar-refractivity contribution in [3.8, 4) is 0 Å². The highest BCUT2D eigenvalue weighted by Gasteiger charge is 2.24. The topological polar surface area (TPSA) is 70.1 Å². The lowest BCUT2D eigenvalue weighted by Crippen LogP contribution is -2.24. The van der Waals surface area contributed by atoms with Crippen molar-refractivity contribution in [2.45, 2.75) is 44.6 Å². The normalized spacial score (nSPS) is 16.5. The third-order valence-corrected chi connectivity index (χ3v) is 4.97. The number of hydrogen-bond donors (Lipinski definition) is 3. The Morgan fingerprint density at radius 2 is 1.79 bits per heavy atom. The van der Waals surface area contributed by atoms with Crippen LogP contribution in [0.5, 0.6) is 0 Å². The molecule has 2 aliphatic carbocycles. The molecule has 0 unspecified atom stereocenters. The number of fused-ring (bicyclic) bond motifs is 2. The molecule has 5 nitrogen and oxygen atoms in total. The number of aromatic nitrogens is 2. The van der Waals surface area contributed by atoms with Crippen molar-refractivity contribution >= 4 is 11.8 Å². The van der Waals surface area contributed by atoms with Gasteiger partial charge in [0.1, 0.15) is 5.82 Å². The van der Waals surface area contributed by atoms with Crippen molar-refractivity contribution in [1.82, 2.24) is 9.97 Å². The summed E-state index contributed by atoms with van der Waals surface area (Å²) in [5.41, 5.74) is 5.33. The second-order valence-electron chi connectivity index (χ2n) is 6.70. The molecule has 0 spiro atoms. The van der Waals surface area contributed by atoms with Crippen molar-refractivity contribution in [3.05, 3.63) is 46.6 Å². The number of aliphatic hydroxyl groups is 1. The first kappa shape index (κ1) is 15.4. The van der Waals surface area contributed by atoms with E-state index < -0.39 is 0 Å². The van der Waals surface area contributed by atoms with Crippen LogP contribution in [0, 0.1) is 0 Å². The van der Waals surface area contributed by atoms with Gasteiger partial charge in [-0.1, -0.05) is 24.3 Å². The van der Waals surface area contributed by atoms with Gasteiger partial charge in [-0.3, -0.25) is 0 Å². The minimum atomic E-state index is 0.0845. The van der Waals surface area contributed by atoms with Crippen molar-refractivity contribution in [2.24, 2.45) is 0 Å². The standard InChI is InChI=1S/C19H24N4O/c24-10-9-20-19-22-17-8-4-3-7-16(17)18(23-19)21-15-11-13-5-1-2-6-14(13)12-15/h1-2,5-6,15,24H,3-4,7-12H2,(H2,20,21,22,23). The molecule has 0 atom stereocenters. The molecule has 0 saturated carbocycles. The second kappa shape index (κ2) is 6.77. The molecule has 126 valence electrons. The fourth-order valence-electron chi connectivity index (χ4n) is 3.81. The van der Waals surface area contributed by atoms with Gasteiger partial charge in [0.2, 0.25) is 5.95 Å². The zero-order valence-corrected chi connectivity index (χ0v) is 13.9. The summed E-state index contributed by atoms with van der Waals surface area (Å²) in [7, 11) is 0. The summed E-state index contributed by atoms with van der Waals surface area (Å²) in [6, 6.07) is 9.07. The molecular formula is C19H24N4O. The van der Waals surface area contributed by atoms with Gasteiger partial charge < -0.3 is 15.7 Å². The number of aryl methyl sites for hydroxylation is 1. The van der Waals surface area contributed by atoms with E-state index in [-0.39, 0.29) is 6.61 Å². The first-order valence-corrected chi connectivity index (χ1v) is 8.91. The number of hydrogen-bond acceptors (Lipinski definition) is 5.